The van der Waals surface area contributed by atoms with Crippen LogP contribution in [0.4, 0.5) is 5.69 Å². The molecule has 1 saturated heterocycles. The smallest absolute Gasteiger partial charge is 0.227 e. The molecule has 0 saturated carbocycles. The molecular weight excluding hydrogens is 394 g/mol. The Kier molecular flexibility index (Phi) is 8.34. The number of likely N-dealkylation sites (tertiary alicyclic amines) is 1. The van der Waals surface area contributed by atoms with Crippen LogP contribution in [-0.2, 0) is 16.0 Å². The summed E-state index contributed by atoms with van der Waals surface area (Å²) in [5.74, 6) is 0.796. The van der Waals surface area contributed by atoms with Crippen molar-refractivity contribution in [1.82, 2.24) is 4.90 Å². The van der Waals surface area contributed by atoms with Crippen molar-refractivity contribution in [1.29, 1.82) is 5.26 Å². The second-order valence-electron chi connectivity index (χ2n) is 7.38. The van der Waals surface area contributed by atoms with E-state index >= 15 is 0 Å². The molecular formula is C24H27N3O2S. The fourth-order valence-electron chi connectivity index (χ4n) is 3.58. The van der Waals surface area contributed by atoms with Gasteiger partial charge in [0.05, 0.1) is 11.8 Å². The van der Waals surface area contributed by atoms with E-state index < -0.39 is 0 Å². The van der Waals surface area contributed by atoms with Crippen molar-refractivity contribution in [2.45, 2.75) is 37.0 Å². The molecule has 3 rings (SSSR count). The number of thioether (sulfide) groups is 1. The number of nitrogens with zero attached hydrogens (tertiary/aromatic N) is 2. The predicted octanol–water partition coefficient (Wildman–Crippen LogP) is 4.50. The minimum atomic E-state index is -0.0830. The highest BCUT2D eigenvalue weighted by atomic mass is 32.2. The first-order chi connectivity index (χ1) is 14.7. The van der Waals surface area contributed by atoms with Crippen molar-refractivity contribution < 1.29 is 9.59 Å². The number of aryl methyl sites for hydroxylation is 1. The maximum atomic E-state index is 12.8. The van der Waals surface area contributed by atoms with E-state index in [0.717, 1.165) is 17.0 Å². The first kappa shape index (κ1) is 21.9. The van der Waals surface area contributed by atoms with Crippen molar-refractivity contribution in [3.05, 3.63) is 60.2 Å². The lowest BCUT2D eigenvalue weighted by molar-refractivity contribution is -0.134. The minimum Gasteiger partial charge on any atom is -0.343 e. The Morgan fingerprint density at radius 2 is 1.77 bits per heavy atom. The van der Waals surface area contributed by atoms with Gasteiger partial charge in [0.2, 0.25) is 11.8 Å². The van der Waals surface area contributed by atoms with Crippen molar-refractivity contribution in [3.63, 3.8) is 0 Å². The number of rotatable bonds is 8. The first-order valence-corrected chi connectivity index (χ1v) is 11.4. The molecule has 156 valence electrons. The van der Waals surface area contributed by atoms with Gasteiger partial charge in [-0.05, 0) is 37.0 Å². The van der Waals surface area contributed by atoms with Crippen molar-refractivity contribution in [2.75, 3.05) is 24.2 Å². The SMILES string of the molecule is N#CCCSc1ccccc1NC(=O)C1CCN(C(=O)CCc2ccccc2)CC1. The molecule has 2 aromatic carbocycles. The van der Waals surface area contributed by atoms with Crippen LogP contribution in [-0.4, -0.2) is 35.6 Å². The molecule has 0 radical (unpaired) electrons. The molecule has 0 aliphatic carbocycles. The molecule has 1 aliphatic heterocycles. The van der Waals surface area contributed by atoms with Crippen LogP contribution in [0.5, 0.6) is 0 Å². The van der Waals surface area contributed by atoms with E-state index in [9.17, 15) is 9.59 Å². The molecule has 5 nitrogen and oxygen atoms in total. The summed E-state index contributed by atoms with van der Waals surface area (Å²) in [6, 6.07) is 19.9. The van der Waals surface area contributed by atoms with Gasteiger partial charge in [0.15, 0.2) is 0 Å². The van der Waals surface area contributed by atoms with Crippen LogP contribution < -0.4 is 5.32 Å². The van der Waals surface area contributed by atoms with E-state index in [2.05, 4.69) is 11.4 Å². The van der Waals surface area contributed by atoms with Gasteiger partial charge in [-0.15, -0.1) is 11.8 Å². The second kappa shape index (κ2) is 11.4. The van der Waals surface area contributed by atoms with Gasteiger partial charge < -0.3 is 10.2 Å². The van der Waals surface area contributed by atoms with Crippen molar-refractivity contribution in [3.8, 4) is 6.07 Å². The summed E-state index contributed by atoms with van der Waals surface area (Å²) in [7, 11) is 0. The lowest BCUT2D eigenvalue weighted by Crippen LogP contribution is -2.41. The molecule has 2 amide bonds. The van der Waals surface area contributed by atoms with Crippen LogP contribution in [0.1, 0.15) is 31.2 Å². The van der Waals surface area contributed by atoms with Crippen LogP contribution in [0.2, 0.25) is 0 Å². The Balaban J connectivity index is 1.46. The predicted molar refractivity (Wildman–Crippen MR) is 120 cm³/mol. The van der Waals surface area contributed by atoms with Gasteiger partial charge in [0.1, 0.15) is 0 Å². The summed E-state index contributed by atoms with van der Waals surface area (Å²) in [5, 5.41) is 11.8. The first-order valence-electron chi connectivity index (χ1n) is 10.4. The maximum Gasteiger partial charge on any atom is 0.227 e. The number of carbonyl (C=O) groups excluding carboxylic acids is 2. The zero-order valence-corrected chi connectivity index (χ0v) is 17.9. The van der Waals surface area contributed by atoms with Gasteiger partial charge in [-0.1, -0.05) is 42.5 Å². The Bertz CT molecular complexity index is 887. The highest BCUT2D eigenvalue weighted by molar-refractivity contribution is 7.99. The van der Waals surface area contributed by atoms with Gasteiger partial charge in [0, 0.05) is 42.5 Å². The molecule has 0 atom stereocenters. The zero-order valence-electron chi connectivity index (χ0n) is 17.0. The Morgan fingerprint density at radius 1 is 1.07 bits per heavy atom. The number of piperidine rings is 1. The molecule has 1 aliphatic rings. The molecule has 1 fully saturated rings. The lowest BCUT2D eigenvalue weighted by Gasteiger charge is -2.31. The van der Waals surface area contributed by atoms with Crippen LogP contribution >= 0.6 is 11.8 Å². The summed E-state index contributed by atoms with van der Waals surface area (Å²) in [5.41, 5.74) is 1.97. The topological polar surface area (TPSA) is 73.2 Å². The monoisotopic (exact) mass is 421 g/mol. The average molecular weight is 422 g/mol. The standard InChI is InChI=1S/C24H27N3O2S/c25-15-6-18-30-22-10-5-4-9-21(22)26-24(29)20-13-16-27(17-14-20)23(28)12-11-19-7-2-1-3-8-19/h1-5,7-10,20H,6,11-14,16-18H2,(H,26,29). The van der Waals surface area contributed by atoms with Gasteiger partial charge in [-0.3, -0.25) is 9.59 Å². The summed E-state index contributed by atoms with van der Waals surface area (Å²) < 4.78 is 0. The maximum absolute atomic E-state index is 12.8. The summed E-state index contributed by atoms with van der Waals surface area (Å²) >= 11 is 1.58. The Morgan fingerprint density at radius 3 is 2.50 bits per heavy atom. The molecule has 1 heterocycles. The number of hydrogen-bond donors (Lipinski definition) is 1. The Hall–Kier alpha value is -2.78. The van der Waals surface area contributed by atoms with Crippen molar-refractivity contribution >= 4 is 29.3 Å². The Labute approximate surface area is 182 Å². The van der Waals surface area contributed by atoms with E-state index in [1.807, 2.05) is 59.5 Å². The number of anilines is 1. The molecule has 0 unspecified atom stereocenters. The molecule has 6 heteroatoms. The number of para-hydroxylation sites is 1. The minimum absolute atomic E-state index is 0.0136. The second-order valence-corrected chi connectivity index (χ2v) is 8.52. The highest BCUT2D eigenvalue weighted by Gasteiger charge is 2.27. The zero-order chi connectivity index (χ0) is 21.2. The lowest BCUT2D eigenvalue weighted by atomic mass is 9.95. The third-order valence-corrected chi connectivity index (χ3v) is 6.38. The summed E-state index contributed by atoms with van der Waals surface area (Å²) in [4.78, 5) is 28.1. The van der Waals surface area contributed by atoms with Crippen LogP contribution in [0.3, 0.4) is 0 Å². The van der Waals surface area contributed by atoms with E-state index in [1.165, 1.54) is 5.56 Å². The van der Waals surface area contributed by atoms with Crippen LogP contribution in [0.25, 0.3) is 0 Å². The number of benzene rings is 2. The average Bonchev–Trinajstić information content (AvgIpc) is 2.79. The van der Waals surface area contributed by atoms with E-state index in [1.54, 1.807) is 11.8 Å². The fourth-order valence-corrected chi connectivity index (χ4v) is 4.44. The quantitative estimate of drug-likeness (QED) is 0.503. The third-order valence-electron chi connectivity index (χ3n) is 5.31. The number of nitriles is 1. The van der Waals surface area contributed by atoms with Crippen LogP contribution in [0, 0.1) is 17.2 Å². The van der Waals surface area contributed by atoms with Gasteiger partial charge in [-0.2, -0.15) is 5.26 Å². The highest BCUT2D eigenvalue weighted by Crippen LogP contribution is 2.29. The van der Waals surface area contributed by atoms with E-state index in [-0.39, 0.29) is 17.7 Å². The molecule has 0 spiro atoms. The number of amides is 2. The van der Waals surface area contributed by atoms with Crippen molar-refractivity contribution in [2.24, 2.45) is 5.92 Å². The molecule has 0 bridgehead atoms. The summed E-state index contributed by atoms with van der Waals surface area (Å²) in [6.45, 7) is 1.26. The van der Waals surface area contributed by atoms with E-state index in [4.69, 9.17) is 5.26 Å². The number of carbonyl (C=O) groups is 2. The summed E-state index contributed by atoms with van der Waals surface area (Å²) in [6.07, 6.45) is 3.11. The van der Waals surface area contributed by atoms with Crippen LogP contribution in [0.15, 0.2) is 59.5 Å². The van der Waals surface area contributed by atoms with Gasteiger partial charge in [0.25, 0.3) is 0 Å². The fraction of sp³-hybridized carbons (Fsp3) is 0.375. The normalized spacial score (nSPS) is 14.2. The van der Waals surface area contributed by atoms with E-state index in [0.29, 0.717) is 44.5 Å². The molecule has 1 N–H and O–H groups in total. The number of nitrogens with one attached hydrogen (secondary N) is 1. The third kappa shape index (κ3) is 6.36. The van der Waals surface area contributed by atoms with Gasteiger partial charge >= 0.3 is 0 Å². The molecule has 30 heavy (non-hydrogen) atoms. The molecule has 2 aromatic rings. The van der Waals surface area contributed by atoms with Gasteiger partial charge in [-0.25, -0.2) is 0 Å². The molecule has 0 aromatic heterocycles. The number of hydrogen-bond acceptors (Lipinski definition) is 4. The largest absolute Gasteiger partial charge is 0.343 e.